The Morgan fingerprint density at radius 1 is 1.20 bits per heavy atom. The van der Waals surface area contributed by atoms with Gasteiger partial charge in [-0.05, 0) is 49.2 Å². The van der Waals surface area contributed by atoms with Gasteiger partial charge in [0.05, 0.1) is 13.2 Å². The molecule has 0 saturated carbocycles. The van der Waals surface area contributed by atoms with E-state index < -0.39 is 0 Å². The van der Waals surface area contributed by atoms with E-state index in [1.165, 1.54) is 11.3 Å². The Morgan fingerprint density at radius 3 is 2.83 bits per heavy atom. The molecule has 0 bridgehead atoms. The summed E-state index contributed by atoms with van der Waals surface area (Å²) in [5.74, 6) is 0.189. The zero-order chi connectivity index (χ0) is 21.1. The number of rotatable bonds is 5. The van der Waals surface area contributed by atoms with Crippen LogP contribution < -0.4 is 10.1 Å². The van der Waals surface area contributed by atoms with Gasteiger partial charge < -0.3 is 15.0 Å². The van der Waals surface area contributed by atoms with E-state index in [9.17, 15) is 9.59 Å². The van der Waals surface area contributed by atoms with Crippen molar-refractivity contribution in [3.05, 3.63) is 69.1 Å². The zero-order valence-electron chi connectivity index (χ0n) is 16.2. The van der Waals surface area contributed by atoms with Crippen molar-refractivity contribution in [3.8, 4) is 5.75 Å². The lowest BCUT2D eigenvalue weighted by atomic mass is 10.1. The first-order valence-electron chi connectivity index (χ1n) is 9.40. The molecule has 1 aromatic heterocycles. The molecule has 30 heavy (non-hydrogen) atoms. The normalized spacial score (nSPS) is 15.8. The largest absolute Gasteiger partial charge is 0.497 e. The van der Waals surface area contributed by atoms with E-state index in [0.29, 0.717) is 33.6 Å². The number of nitrogens with zero attached hydrogens (tertiary/aromatic N) is 3. The highest BCUT2D eigenvalue weighted by Gasteiger charge is 2.33. The van der Waals surface area contributed by atoms with Crippen LogP contribution in [0.3, 0.4) is 0 Å². The number of hydrogen-bond donors (Lipinski definition) is 1. The second-order valence-corrected chi connectivity index (χ2v) is 8.24. The number of benzene rings is 2. The van der Waals surface area contributed by atoms with Crippen LogP contribution in [0.5, 0.6) is 5.75 Å². The molecular formula is C21H19ClN4O3S. The molecule has 3 aromatic rings. The summed E-state index contributed by atoms with van der Waals surface area (Å²) in [6.45, 7) is 0.629. The van der Waals surface area contributed by atoms with E-state index in [1.54, 1.807) is 60.5 Å². The molecule has 0 spiro atoms. The van der Waals surface area contributed by atoms with Crippen molar-refractivity contribution in [2.75, 3.05) is 19.0 Å². The fourth-order valence-corrected chi connectivity index (χ4v) is 4.48. The van der Waals surface area contributed by atoms with Gasteiger partial charge in [-0.1, -0.05) is 35.1 Å². The molecule has 1 aliphatic rings. The van der Waals surface area contributed by atoms with Gasteiger partial charge in [-0.2, -0.15) is 0 Å². The van der Waals surface area contributed by atoms with E-state index in [0.717, 1.165) is 12.8 Å². The van der Waals surface area contributed by atoms with Crippen LogP contribution in [-0.2, 0) is 0 Å². The fraction of sp³-hybridized carbons (Fsp3) is 0.238. The molecule has 9 heteroatoms. The van der Waals surface area contributed by atoms with Gasteiger partial charge in [0.25, 0.3) is 11.8 Å². The van der Waals surface area contributed by atoms with Gasteiger partial charge in [-0.15, -0.1) is 10.2 Å². The molecule has 2 aromatic carbocycles. The average Bonchev–Trinajstić information content (AvgIpc) is 3.43. The van der Waals surface area contributed by atoms with Gasteiger partial charge in [0.1, 0.15) is 10.8 Å². The zero-order valence-corrected chi connectivity index (χ0v) is 17.7. The predicted octanol–water partition coefficient (Wildman–Crippen LogP) is 4.43. The number of anilines is 1. The third-order valence-corrected chi connectivity index (χ3v) is 6.09. The molecule has 0 radical (unpaired) electrons. The minimum Gasteiger partial charge on any atom is -0.497 e. The third kappa shape index (κ3) is 4.29. The Kier molecular flexibility index (Phi) is 5.96. The smallest absolute Gasteiger partial charge is 0.286 e. The number of carbonyl (C=O) groups excluding carboxylic acids is 2. The van der Waals surface area contributed by atoms with Gasteiger partial charge in [0.15, 0.2) is 0 Å². The number of nitrogens with one attached hydrogen (secondary N) is 1. The van der Waals surface area contributed by atoms with E-state index >= 15 is 0 Å². The lowest BCUT2D eigenvalue weighted by Crippen LogP contribution is -2.30. The van der Waals surface area contributed by atoms with Crippen molar-refractivity contribution in [2.45, 2.75) is 18.9 Å². The lowest BCUT2D eigenvalue weighted by molar-refractivity contribution is 0.0734. The van der Waals surface area contributed by atoms with Crippen LogP contribution in [0.25, 0.3) is 0 Å². The number of hydrogen-bond acceptors (Lipinski definition) is 6. The van der Waals surface area contributed by atoms with E-state index in [2.05, 4.69) is 15.5 Å². The molecule has 154 valence electrons. The van der Waals surface area contributed by atoms with E-state index in [-0.39, 0.29) is 22.9 Å². The molecule has 1 aliphatic heterocycles. The number of amides is 2. The maximum atomic E-state index is 13.0. The number of halogens is 1. The number of aromatic nitrogens is 2. The van der Waals surface area contributed by atoms with Crippen molar-refractivity contribution < 1.29 is 14.3 Å². The number of methoxy groups -OCH3 is 1. The Hall–Kier alpha value is -2.97. The quantitative estimate of drug-likeness (QED) is 0.631. The summed E-state index contributed by atoms with van der Waals surface area (Å²) in [7, 11) is 1.57. The molecule has 4 rings (SSSR count). The molecule has 0 unspecified atom stereocenters. The third-order valence-electron chi connectivity index (χ3n) is 4.83. The highest BCUT2D eigenvalue weighted by Crippen LogP contribution is 2.35. The SMILES string of the molecule is COc1cccc(C(=O)N2CCC[C@H]2c2nnc(C(=O)Nc3cccc(Cl)c3)s2)c1. The molecule has 7 nitrogen and oxygen atoms in total. The van der Waals surface area contributed by atoms with Crippen LogP contribution in [0.4, 0.5) is 5.69 Å². The van der Waals surface area contributed by atoms with Crippen LogP contribution in [0.1, 0.15) is 44.1 Å². The van der Waals surface area contributed by atoms with Crippen LogP contribution in [0.2, 0.25) is 5.02 Å². The maximum Gasteiger partial charge on any atom is 0.286 e. The van der Waals surface area contributed by atoms with Gasteiger partial charge in [-0.25, -0.2) is 0 Å². The van der Waals surface area contributed by atoms with Crippen molar-refractivity contribution >= 4 is 40.4 Å². The molecule has 2 amide bonds. The molecule has 1 atom stereocenters. The minimum atomic E-state index is -0.357. The number of carbonyl (C=O) groups is 2. The number of likely N-dealkylation sites (tertiary alicyclic amines) is 1. The van der Waals surface area contributed by atoms with Crippen molar-refractivity contribution in [1.82, 2.24) is 15.1 Å². The predicted molar refractivity (Wildman–Crippen MR) is 115 cm³/mol. The summed E-state index contributed by atoms with van der Waals surface area (Å²) in [6, 6.07) is 13.8. The first kappa shape index (κ1) is 20.3. The summed E-state index contributed by atoms with van der Waals surface area (Å²) in [5, 5.41) is 12.4. The van der Waals surface area contributed by atoms with Crippen LogP contribution >= 0.6 is 22.9 Å². The molecule has 1 fully saturated rings. The summed E-state index contributed by atoms with van der Waals surface area (Å²) in [5.41, 5.74) is 1.14. The van der Waals surface area contributed by atoms with Crippen molar-refractivity contribution in [1.29, 1.82) is 0 Å². The van der Waals surface area contributed by atoms with Gasteiger partial charge in [0, 0.05) is 22.8 Å². The van der Waals surface area contributed by atoms with Crippen LogP contribution in [0, 0.1) is 0 Å². The van der Waals surface area contributed by atoms with Gasteiger partial charge in [-0.3, -0.25) is 9.59 Å². The Labute approximate surface area is 182 Å². The van der Waals surface area contributed by atoms with Crippen LogP contribution in [0.15, 0.2) is 48.5 Å². The van der Waals surface area contributed by atoms with Gasteiger partial charge >= 0.3 is 0 Å². The standard InChI is InChI=1S/C21H19ClN4O3S/c1-29-16-8-2-5-13(11-16)21(28)26-10-4-9-17(26)19-24-25-20(30-19)18(27)23-15-7-3-6-14(22)12-15/h2-3,5-8,11-12,17H,4,9-10H2,1H3,(H,23,27)/t17-/m0/s1. The van der Waals surface area contributed by atoms with Gasteiger partial charge in [0.2, 0.25) is 5.01 Å². The number of ether oxygens (including phenoxy) is 1. The molecule has 2 heterocycles. The molecular weight excluding hydrogens is 424 g/mol. The summed E-state index contributed by atoms with van der Waals surface area (Å²) < 4.78 is 5.22. The molecule has 1 saturated heterocycles. The highest BCUT2D eigenvalue weighted by molar-refractivity contribution is 7.13. The first-order chi connectivity index (χ1) is 14.5. The second kappa shape index (κ2) is 8.81. The highest BCUT2D eigenvalue weighted by atomic mass is 35.5. The Morgan fingerprint density at radius 2 is 2.03 bits per heavy atom. The van der Waals surface area contributed by atoms with Crippen LogP contribution in [-0.4, -0.2) is 40.6 Å². The second-order valence-electron chi connectivity index (χ2n) is 6.80. The monoisotopic (exact) mass is 442 g/mol. The van der Waals surface area contributed by atoms with E-state index in [1.807, 2.05) is 0 Å². The van der Waals surface area contributed by atoms with Crippen molar-refractivity contribution in [2.24, 2.45) is 0 Å². The lowest BCUT2D eigenvalue weighted by Gasteiger charge is -2.23. The van der Waals surface area contributed by atoms with Crippen molar-refractivity contribution in [3.63, 3.8) is 0 Å². The molecule has 1 N–H and O–H groups in total. The fourth-order valence-electron chi connectivity index (χ4n) is 3.40. The Bertz CT molecular complexity index is 1090. The average molecular weight is 443 g/mol. The maximum absolute atomic E-state index is 13.0. The Balaban J connectivity index is 1.50. The minimum absolute atomic E-state index is 0.0865. The molecule has 0 aliphatic carbocycles. The summed E-state index contributed by atoms with van der Waals surface area (Å²) >= 11 is 7.16. The topological polar surface area (TPSA) is 84.4 Å². The van der Waals surface area contributed by atoms with E-state index in [4.69, 9.17) is 16.3 Å². The first-order valence-corrected chi connectivity index (χ1v) is 10.6. The summed E-state index contributed by atoms with van der Waals surface area (Å²) in [6.07, 6.45) is 1.64. The summed E-state index contributed by atoms with van der Waals surface area (Å²) in [4.78, 5) is 27.4.